The fourth-order valence-electron chi connectivity index (χ4n) is 1.53. The van der Waals surface area contributed by atoms with Crippen molar-refractivity contribution in [2.24, 2.45) is 0 Å². The van der Waals surface area contributed by atoms with Crippen molar-refractivity contribution in [3.63, 3.8) is 0 Å². The van der Waals surface area contributed by atoms with Crippen LogP contribution in [-0.4, -0.2) is 53.0 Å². The molecule has 2 aromatic rings. The van der Waals surface area contributed by atoms with Crippen molar-refractivity contribution >= 4 is 17.1 Å². The van der Waals surface area contributed by atoms with Gasteiger partial charge in [-0.3, -0.25) is 5.41 Å². The van der Waals surface area contributed by atoms with E-state index in [9.17, 15) is 15.0 Å². The lowest BCUT2D eigenvalue weighted by Crippen LogP contribution is -2.37. The number of carbonyl (C=O) groups is 1. The molecule has 2 rings (SSSR count). The van der Waals surface area contributed by atoms with Crippen LogP contribution in [0.4, 0.5) is 0 Å². The van der Waals surface area contributed by atoms with Crippen LogP contribution in [0, 0.1) is 5.41 Å². The zero-order chi connectivity index (χ0) is 13.3. The Morgan fingerprint density at radius 1 is 1.50 bits per heavy atom. The lowest BCUT2D eigenvalue weighted by Gasteiger charge is -2.15. The molecule has 9 heteroatoms. The van der Waals surface area contributed by atoms with Gasteiger partial charge in [-0.1, -0.05) is 0 Å². The minimum atomic E-state index is -1.89. The molecule has 18 heavy (non-hydrogen) atoms. The number of fused-ring (bicyclic) bond motifs is 1. The third-order valence-electron chi connectivity index (χ3n) is 2.46. The monoisotopic (exact) mass is 253 g/mol. The zero-order valence-electron chi connectivity index (χ0n) is 9.11. The molecular formula is C9H11N5O4. The van der Waals surface area contributed by atoms with Gasteiger partial charge in [-0.25, -0.2) is 14.8 Å². The summed E-state index contributed by atoms with van der Waals surface area (Å²) >= 11 is 0. The second kappa shape index (κ2) is 4.55. The van der Waals surface area contributed by atoms with Gasteiger partial charge in [-0.15, -0.1) is 0 Å². The Kier molecular flexibility index (Phi) is 3.08. The van der Waals surface area contributed by atoms with Crippen LogP contribution in [0.2, 0.25) is 0 Å². The van der Waals surface area contributed by atoms with Gasteiger partial charge in [0.15, 0.2) is 17.2 Å². The summed E-state index contributed by atoms with van der Waals surface area (Å²) in [5.74, 6) is -1.51. The summed E-state index contributed by atoms with van der Waals surface area (Å²) in [6, 6.07) is 0. The molecule has 0 amide bonds. The third kappa shape index (κ3) is 2.08. The molecule has 0 aliphatic rings. The van der Waals surface area contributed by atoms with E-state index in [2.05, 4.69) is 15.0 Å². The van der Waals surface area contributed by atoms with Crippen LogP contribution in [0.1, 0.15) is 0 Å². The number of nitrogens with zero attached hydrogens (tertiary/aromatic N) is 3. The number of carboxylic acid groups (broad SMARTS) is 1. The molecule has 0 aromatic carbocycles. The molecule has 0 aliphatic carbocycles. The van der Waals surface area contributed by atoms with Crippen LogP contribution in [0.25, 0.3) is 11.2 Å². The lowest BCUT2D eigenvalue weighted by molar-refractivity contribution is -0.153. The van der Waals surface area contributed by atoms with E-state index in [0.717, 1.165) is 0 Å². The summed E-state index contributed by atoms with van der Waals surface area (Å²) in [5, 5.41) is 34.8. The topological polar surface area (TPSA) is 148 Å². The number of carboxylic acids is 1. The summed E-state index contributed by atoms with van der Waals surface area (Å²) in [6.45, 7) is -0.192. The molecular weight excluding hydrogens is 242 g/mol. The maximum absolute atomic E-state index is 10.5. The van der Waals surface area contributed by atoms with Gasteiger partial charge in [0.2, 0.25) is 0 Å². The minimum Gasteiger partial charge on any atom is -0.479 e. The molecule has 9 nitrogen and oxygen atoms in total. The molecule has 0 bridgehead atoms. The van der Waals surface area contributed by atoms with Crippen molar-refractivity contribution in [2.75, 3.05) is 0 Å². The van der Waals surface area contributed by atoms with Crippen LogP contribution < -0.4 is 5.49 Å². The predicted molar refractivity (Wildman–Crippen MR) is 57.4 cm³/mol. The lowest BCUT2D eigenvalue weighted by atomic mass is 10.2. The maximum Gasteiger partial charge on any atom is 0.335 e. The molecule has 2 heterocycles. The number of aromatic nitrogens is 4. The first-order valence-corrected chi connectivity index (χ1v) is 5.02. The normalized spacial score (nSPS) is 14.6. The first-order chi connectivity index (χ1) is 8.50. The Bertz CT molecular complexity index is 633. The summed E-state index contributed by atoms with van der Waals surface area (Å²) in [7, 11) is 0. The Labute approximate surface area is 99.9 Å². The van der Waals surface area contributed by atoms with Crippen molar-refractivity contribution in [1.29, 1.82) is 5.41 Å². The van der Waals surface area contributed by atoms with Crippen molar-refractivity contribution in [3.8, 4) is 0 Å². The second-order valence-corrected chi connectivity index (χ2v) is 3.70. The number of aromatic amines is 1. The van der Waals surface area contributed by atoms with Gasteiger partial charge in [-0.2, -0.15) is 0 Å². The summed E-state index contributed by atoms with van der Waals surface area (Å²) < 4.78 is 1.36. The fraction of sp³-hybridized carbons (Fsp3) is 0.333. The van der Waals surface area contributed by atoms with E-state index in [4.69, 9.17) is 10.5 Å². The van der Waals surface area contributed by atoms with E-state index in [1.807, 2.05) is 0 Å². The SMILES string of the molecule is N=c1ncn(C[C@@H](O)[C@@H](O)C(=O)O)c2nc[nH]c12. The van der Waals surface area contributed by atoms with Crippen LogP contribution in [0.5, 0.6) is 0 Å². The molecule has 0 saturated heterocycles. The van der Waals surface area contributed by atoms with Crippen LogP contribution >= 0.6 is 0 Å². The van der Waals surface area contributed by atoms with Gasteiger partial charge >= 0.3 is 5.97 Å². The number of imidazole rings is 1. The number of aliphatic hydroxyl groups is 2. The highest BCUT2D eigenvalue weighted by Crippen LogP contribution is 2.05. The highest BCUT2D eigenvalue weighted by molar-refractivity contribution is 5.72. The Morgan fingerprint density at radius 3 is 2.89 bits per heavy atom. The molecule has 0 saturated carbocycles. The first kappa shape index (κ1) is 12.2. The van der Waals surface area contributed by atoms with Crippen molar-refractivity contribution in [2.45, 2.75) is 18.8 Å². The van der Waals surface area contributed by atoms with E-state index in [1.165, 1.54) is 17.2 Å². The number of rotatable bonds is 4. The van der Waals surface area contributed by atoms with E-state index in [0.29, 0.717) is 11.2 Å². The van der Waals surface area contributed by atoms with Crippen molar-refractivity contribution < 1.29 is 20.1 Å². The molecule has 2 aromatic heterocycles. The third-order valence-corrected chi connectivity index (χ3v) is 2.46. The number of hydrogen-bond acceptors (Lipinski definition) is 6. The quantitative estimate of drug-likeness (QED) is 0.427. The average molecular weight is 253 g/mol. The standard InChI is InChI=1S/C9H11N5O4/c10-7-5-8(12-2-11-5)14(3-13-7)1-4(15)6(16)9(17)18/h2-4,6,10,15-16H,1H2,(H,11,12)(H,17,18)/t4-,6-/m1/s1. The Morgan fingerprint density at radius 2 is 2.22 bits per heavy atom. The molecule has 0 aliphatic heterocycles. The van der Waals surface area contributed by atoms with Crippen LogP contribution in [0.15, 0.2) is 12.7 Å². The Hall–Kier alpha value is -2.26. The van der Waals surface area contributed by atoms with Gasteiger partial charge < -0.3 is 24.9 Å². The molecule has 2 atom stereocenters. The van der Waals surface area contributed by atoms with Gasteiger partial charge in [0, 0.05) is 0 Å². The van der Waals surface area contributed by atoms with E-state index in [-0.39, 0.29) is 12.0 Å². The first-order valence-electron chi connectivity index (χ1n) is 5.02. The number of aliphatic carboxylic acids is 1. The molecule has 0 radical (unpaired) electrons. The predicted octanol–water partition coefficient (Wildman–Crippen LogP) is -1.95. The highest BCUT2D eigenvalue weighted by atomic mass is 16.4. The van der Waals surface area contributed by atoms with Gasteiger partial charge in [-0.05, 0) is 0 Å². The summed E-state index contributed by atoms with van der Waals surface area (Å²) in [4.78, 5) is 20.9. The van der Waals surface area contributed by atoms with Gasteiger partial charge in [0.1, 0.15) is 11.6 Å². The molecule has 96 valence electrons. The second-order valence-electron chi connectivity index (χ2n) is 3.70. The number of hydrogen-bond donors (Lipinski definition) is 5. The van der Waals surface area contributed by atoms with E-state index in [1.54, 1.807) is 0 Å². The Balaban J connectivity index is 2.33. The van der Waals surface area contributed by atoms with Crippen LogP contribution in [-0.2, 0) is 11.3 Å². The summed E-state index contributed by atoms with van der Waals surface area (Å²) in [6.07, 6.45) is -0.766. The number of H-pyrrole nitrogens is 1. The number of nitrogens with one attached hydrogen (secondary N) is 2. The molecule has 0 fully saturated rings. The van der Waals surface area contributed by atoms with Gasteiger partial charge in [0.25, 0.3) is 0 Å². The van der Waals surface area contributed by atoms with E-state index < -0.39 is 18.2 Å². The van der Waals surface area contributed by atoms with Crippen molar-refractivity contribution in [1.82, 2.24) is 19.5 Å². The maximum atomic E-state index is 10.5. The van der Waals surface area contributed by atoms with Gasteiger partial charge in [0.05, 0.1) is 19.2 Å². The minimum absolute atomic E-state index is 0.00739. The largest absolute Gasteiger partial charge is 0.479 e. The smallest absolute Gasteiger partial charge is 0.335 e. The van der Waals surface area contributed by atoms with Crippen LogP contribution in [0.3, 0.4) is 0 Å². The highest BCUT2D eigenvalue weighted by Gasteiger charge is 2.24. The molecule has 0 spiro atoms. The number of aliphatic hydroxyl groups excluding tert-OH is 2. The fourth-order valence-corrected chi connectivity index (χ4v) is 1.53. The zero-order valence-corrected chi connectivity index (χ0v) is 9.11. The summed E-state index contributed by atoms with van der Waals surface area (Å²) in [5.41, 5.74) is 0.716. The van der Waals surface area contributed by atoms with E-state index >= 15 is 0 Å². The average Bonchev–Trinajstić information content (AvgIpc) is 2.81. The molecule has 0 unspecified atom stereocenters. The molecule has 5 N–H and O–H groups in total. The van der Waals surface area contributed by atoms with Crippen molar-refractivity contribution in [3.05, 3.63) is 18.1 Å².